The number of nitrogens with zero attached hydrogens (tertiary/aromatic N) is 1. The molecule has 94 valence electrons. The molecule has 0 saturated carbocycles. The lowest BCUT2D eigenvalue weighted by molar-refractivity contribution is 0.0594. The maximum Gasteiger partial charge on any atom is 0.356 e. The molecule has 1 aromatic heterocycles. The van der Waals surface area contributed by atoms with Crippen LogP contribution in [0.25, 0.3) is 0 Å². The molecule has 0 amide bonds. The maximum atomic E-state index is 11.3. The topological polar surface area (TPSA) is 51.2 Å². The molecular formula is C13H20N2O2. The molecular weight excluding hydrogens is 216 g/mol. The van der Waals surface area contributed by atoms with Crippen molar-refractivity contribution in [2.45, 2.75) is 39.2 Å². The van der Waals surface area contributed by atoms with Crippen molar-refractivity contribution in [2.75, 3.05) is 12.4 Å². The third kappa shape index (κ3) is 4.43. The fourth-order valence-corrected chi connectivity index (χ4v) is 1.60. The van der Waals surface area contributed by atoms with E-state index in [9.17, 15) is 4.79 Å². The second kappa shape index (κ2) is 6.89. The molecule has 0 fully saturated rings. The Balaban J connectivity index is 2.62. The van der Waals surface area contributed by atoms with E-state index < -0.39 is 5.97 Å². The molecule has 1 N–H and O–H groups in total. The second-order valence-corrected chi connectivity index (χ2v) is 4.11. The van der Waals surface area contributed by atoms with Crippen LogP contribution in [0.1, 0.15) is 43.6 Å². The monoisotopic (exact) mass is 236 g/mol. The number of hydrogen-bond donors (Lipinski definition) is 1. The normalized spacial score (nSPS) is 11.9. The molecule has 4 nitrogen and oxygen atoms in total. The van der Waals surface area contributed by atoms with Crippen LogP contribution in [0.3, 0.4) is 0 Å². The number of carbonyl (C=O) groups is 1. The number of aromatic nitrogens is 1. The number of nitrogens with one attached hydrogen (secondary N) is 1. The summed E-state index contributed by atoms with van der Waals surface area (Å²) in [7, 11) is 1.36. The first-order chi connectivity index (χ1) is 8.17. The van der Waals surface area contributed by atoms with E-state index in [1.807, 2.05) is 6.07 Å². The minimum atomic E-state index is -0.408. The van der Waals surface area contributed by atoms with Gasteiger partial charge in [0.2, 0.25) is 0 Å². The molecule has 0 radical (unpaired) electrons. The molecule has 1 atom stereocenters. The quantitative estimate of drug-likeness (QED) is 0.772. The van der Waals surface area contributed by atoms with Gasteiger partial charge in [0.05, 0.1) is 7.11 Å². The van der Waals surface area contributed by atoms with Crippen LogP contribution >= 0.6 is 0 Å². The van der Waals surface area contributed by atoms with Gasteiger partial charge in [-0.2, -0.15) is 0 Å². The van der Waals surface area contributed by atoms with Crippen molar-refractivity contribution in [3.63, 3.8) is 0 Å². The summed E-state index contributed by atoms with van der Waals surface area (Å²) in [6.45, 7) is 4.31. The van der Waals surface area contributed by atoms with Gasteiger partial charge in [0.15, 0.2) is 0 Å². The van der Waals surface area contributed by atoms with Crippen molar-refractivity contribution >= 4 is 11.7 Å². The standard InChI is InChI=1S/C13H20N2O2/c1-4-5-6-10(2)15-11-7-8-14-12(9-11)13(16)17-3/h7-10H,4-6H2,1-3H3,(H,14,15). The Labute approximate surface area is 102 Å². The van der Waals surface area contributed by atoms with Crippen LogP contribution in [-0.2, 0) is 4.74 Å². The van der Waals surface area contributed by atoms with Gasteiger partial charge in [-0.15, -0.1) is 0 Å². The summed E-state index contributed by atoms with van der Waals surface area (Å²) in [5, 5.41) is 3.35. The molecule has 0 saturated heterocycles. The molecule has 0 spiro atoms. The van der Waals surface area contributed by atoms with Crippen molar-refractivity contribution in [1.82, 2.24) is 4.98 Å². The van der Waals surface area contributed by atoms with Crippen LogP contribution < -0.4 is 5.32 Å². The summed E-state index contributed by atoms with van der Waals surface area (Å²) in [5.74, 6) is -0.408. The van der Waals surface area contributed by atoms with Crippen LogP contribution in [0.15, 0.2) is 18.3 Å². The number of methoxy groups -OCH3 is 1. The number of ether oxygens (including phenoxy) is 1. The van der Waals surface area contributed by atoms with E-state index in [0.717, 1.165) is 12.1 Å². The van der Waals surface area contributed by atoms with Crippen molar-refractivity contribution in [3.05, 3.63) is 24.0 Å². The zero-order chi connectivity index (χ0) is 12.7. The van der Waals surface area contributed by atoms with E-state index >= 15 is 0 Å². The van der Waals surface area contributed by atoms with Gasteiger partial charge in [-0.05, 0) is 25.5 Å². The highest BCUT2D eigenvalue weighted by Gasteiger charge is 2.08. The van der Waals surface area contributed by atoms with Crippen molar-refractivity contribution in [2.24, 2.45) is 0 Å². The first-order valence-electron chi connectivity index (χ1n) is 5.98. The predicted molar refractivity (Wildman–Crippen MR) is 68.2 cm³/mol. The van der Waals surface area contributed by atoms with Crippen LogP contribution in [0, 0.1) is 0 Å². The summed E-state index contributed by atoms with van der Waals surface area (Å²) in [6, 6.07) is 3.96. The Kier molecular flexibility index (Phi) is 5.46. The lowest BCUT2D eigenvalue weighted by atomic mass is 10.1. The average molecular weight is 236 g/mol. The number of unbranched alkanes of at least 4 members (excludes halogenated alkanes) is 1. The molecule has 4 heteroatoms. The minimum Gasteiger partial charge on any atom is -0.464 e. The second-order valence-electron chi connectivity index (χ2n) is 4.11. The lowest BCUT2D eigenvalue weighted by Gasteiger charge is -2.14. The fourth-order valence-electron chi connectivity index (χ4n) is 1.60. The Morgan fingerprint density at radius 2 is 2.35 bits per heavy atom. The van der Waals surface area contributed by atoms with Gasteiger partial charge in [0.25, 0.3) is 0 Å². The average Bonchev–Trinajstić information content (AvgIpc) is 2.35. The zero-order valence-electron chi connectivity index (χ0n) is 10.7. The van der Waals surface area contributed by atoms with Crippen molar-refractivity contribution < 1.29 is 9.53 Å². The van der Waals surface area contributed by atoms with Gasteiger partial charge in [0.1, 0.15) is 5.69 Å². The van der Waals surface area contributed by atoms with Crippen LogP contribution in [0.5, 0.6) is 0 Å². The molecule has 1 rings (SSSR count). The summed E-state index contributed by atoms with van der Waals surface area (Å²) in [6.07, 6.45) is 5.12. The number of anilines is 1. The van der Waals surface area contributed by atoms with Gasteiger partial charge in [0, 0.05) is 17.9 Å². The number of pyridine rings is 1. The number of hydrogen-bond acceptors (Lipinski definition) is 4. The maximum absolute atomic E-state index is 11.3. The molecule has 0 aromatic carbocycles. The highest BCUT2D eigenvalue weighted by molar-refractivity contribution is 5.88. The molecule has 0 aliphatic heterocycles. The highest BCUT2D eigenvalue weighted by atomic mass is 16.5. The number of esters is 1. The first-order valence-corrected chi connectivity index (χ1v) is 5.98. The third-order valence-electron chi connectivity index (χ3n) is 2.56. The van der Waals surface area contributed by atoms with Crippen LogP contribution in [0.2, 0.25) is 0 Å². The molecule has 1 heterocycles. The third-order valence-corrected chi connectivity index (χ3v) is 2.56. The van der Waals surface area contributed by atoms with E-state index in [4.69, 9.17) is 0 Å². The molecule has 1 aromatic rings. The van der Waals surface area contributed by atoms with Gasteiger partial charge in [-0.1, -0.05) is 19.8 Å². The van der Waals surface area contributed by atoms with E-state index in [1.165, 1.54) is 20.0 Å². The number of rotatable bonds is 6. The van der Waals surface area contributed by atoms with E-state index in [1.54, 1.807) is 12.3 Å². The van der Waals surface area contributed by atoms with Crippen LogP contribution in [-0.4, -0.2) is 24.1 Å². The summed E-state index contributed by atoms with van der Waals surface area (Å²) >= 11 is 0. The molecule has 1 unspecified atom stereocenters. The largest absolute Gasteiger partial charge is 0.464 e. The zero-order valence-corrected chi connectivity index (χ0v) is 10.7. The fraction of sp³-hybridized carbons (Fsp3) is 0.538. The predicted octanol–water partition coefficient (Wildman–Crippen LogP) is 2.86. The molecule has 0 bridgehead atoms. The van der Waals surface area contributed by atoms with Gasteiger partial charge in [-0.25, -0.2) is 9.78 Å². The highest BCUT2D eigenvalue weighted by Crippen LogP contribution is 2.12. The lowest BCUT2D eigenvalue weighted by Crippen LogP contribution is -2.15. The van der Waals surface area contributed by atoms with Crippen molar-refractivity contribution in [1.29, 1.82) is 0 Å². The molecule has 17 heavy (non-hydrogen) atoms. The Morgan fingerprint density at radius 1 is 1.59 bits per heavy atom. The Bertz CT molecular complexity index is 366. The minimum absolute atomic E-state index is 0.334. The molecule has 0 aliphatic rings. The first kappa shape index (κ1) is 13.5. The SMILES string of the molecule is CCCCC(C)Nc1ccnc(C(=O)OC)c1. The molecule has 0 aliphatic carbocycles. The van der Waals surface area contributed by atoms with Gasteiger partial charge in [-0.3, -0.25) is 0 Å². The van der Waals surface area contributed by atoms with Gasteiger partial charge >= 0.3 is 5.97 Å². The number of carbonyl (C=O) groups excluding carboxylic acids is 1. The van der Waals surface area contributed by atoms with Gasteiger partial charge < -0.3 is 10.1 Å². The summed E-state index contributed by atoms with van der Waals surface area (Å²) < 4.78 is 4.63. The summed E-state index contributed by atoms with van der Waals surface area (Å²) in [5.41, 5.74) is 1.24. The van der Waals surface area contributed by atoms with Crippen molar-refractivity contribution in [3.8, 4) is 0 Å². The van der Waals surface area contributed by atoms with E-state index in [2.05, 4.69) is 28.9 Å². The smallest absolute Gasteiger partial charge is 0.356 e. The summed E-state index contributed by atoms with van der Waals surface area (Å²) in [4.78, 5) is 15.3. The van der Waals surface area contributed by atoms with E-state index in [-0.39, 0.29) is 0 Å². The van der Waals surface area contributed by atoms with Crippen LogP contribution in [0.4, 0.5) is 5.69 Å². The Morgan fingerprint density at radius 3 is 3.00 bits per heavy atom. The Hall–Kier alpha value is -1.58. The van der Waals surface area contributed by atoms with E-state index in [0.29, 0.717) is 11.7 Å².